The molecule has 4 aromatic rings. The number of aromatic nitrogens is 3. The molecule has 0 unspecified atom stereocenters. The Morgan fingerprint density at radius 1 is 1.18 bits per heavy atom. The number of nitrogens with zero attached hydrogens (tertiary/aromatic N) is 4. The van der Waals surface area contributed by atoms with Crippen molar-refractivity contribution in [2.75, 3.05) is 17.7 Å². The Labute approximate surface area is 196 Å². The molecule has 0 bridgehead atoms. The fraction of sp³-hybridized carbons (Fsp3) is 0.200. The molecule has 7 nitrogen and oxygen atoms in total. The second kappa shape index (κ2) is 9.46. The zero-order valence-corrected chi connectivity index (χ0v) is 18.2. The number of pyridine rings is 1. The first-order valence-electron chi connectivity index (χ1n) is 10.2. The second-order valence-electron chi connectivity index (χ2n) is 7.66. The summed E-state index contributed by atoms with van der Waals surface area (Å²) >= 11 is 1.56. The molecule has 5 rings (SSSR count). The van der Waals surface area contributed by atoms with Crippen molar-refractivity contribution in [2.24, 2.45) is 0 Å². The number of likely N-dealkylation sites (N-methyl/N-ethyl adjacent to an activating group) is 1. The Balaban J connectivity index is 0.00000259. The summed E-state index contributed by atoms with van der Waals surface area (Å²) in [5.41, 5.74) is 2.26. The number of hydrogen-bond donors (Lipinski definition) is 1. The minimum Gasteiger partial charge on any atom is -0.338 e. The van der Waals surface area contributed by atoms with Gasteiger partial charge in [-0.3, -0.25) is 14.6 Å². The lowest BCUT2D eigenvalue weighted by atomic mass is 10.1. The van der Waals surface area contributed by atoms with Gasteiger partial charge in [0, 0.05) is 53.6 Å². The third-order valence-electron chi connectivity index (χ3n) is 5.50. The van der Waals surface area contributed by atoms with E-state index < -0.39 is 6.04 Å². The van der Waals surface area contributed by atoms with E-state index in [1.165, 1.54) is 0 Å². The maximum Gasteiger partial charge on any atom is 0.272 e. The standard InChI is InChI=1S/C24H21N5O2S.CH4/c1-28-22-18-9-10-25-11-17(18)7-8-21(22)32-14-20(24(28)31)27-23(30)19-13-29(15-26-19)12-16-5-3-2-4-6-16;/h2-11,13,15,20H,12,14H2,1H3,(H,27,30);1H4/t20-;/m0./s1. The summed E-state index contributed by atoms with van der Waals surface area (Å²) in [6.45, 7) is 0.624. The van der Waals surface area contributed by atoms with Crippen molar-refractivity contribution in [3.05, 3.63) is 84.7 Å². The third kappa shape index (κ3) is 4.47. The highest BCUT2D eigenvalue weighted by molar-refractivity contribution is 7.99. The maximum absolute atomic E-state index is 13.2. The van der Waals surface area contributed by atoms with Crippen LogP contribution in [0.5, 0.6) is 0 Å². The number of imidazole rings is 1. The van der Waals surface area contributed by atoms with Gasteiger partial charge in [0.15, 0.2) is 0 Å². The largest absolute Gasteiger partial charge is 0.338 e. The zero-order chi connectivity index (χ0) is 22.1. The van der Waals surface area contributed by atoms with Gasteiger partial charge in [0.1, 0.15) is 11.7 Å². The number of benzene rings is 2. The van der Waals surface area contributed by atoms with Crippen molar-refractivity contribution < 1.29 is 9.59 Å². The average molecular weight is 460 g/mol. The summed E-state index contributed by atoms with van der Waals surface area (Å²) in [6.07, 6.45) is 6.85. The van der Waals surface area contributed by atoms with Crippen molar-refractivity contribution in [3.63, 3.8) is 0 Å². The first kappa shape index (κ1) is 22.5. The summed E-state index contributed by atoms with van der Waals surface area (Å²) in [5, 5.41) is 4.81. The summed E-state index contributed by atoms with van der Waals surface area (Å²) < 4.78 is 1.86. The summed E-state index contributed by atoms with van der Waals surface area (Å²) in [4.78, 5) is 37.1. The summed E-state index contributed by atoms with van der Waals surface area (Å²) in [6, 6.07) is 15.2. The number of amides is 2. The van der Waals surface area contributed by atoms with Crippen molar-refractivity contribution in [2.45, 2.75) is 24.9 Å². The lowest BCUT2D eigenvalue weighted by molar-refractivity contribution is -0.119. The SMILES string of the molecule is C.CN1C(=O)[C@@H](NC(=O)c2cn(Cc3ccccc3)cn2)CSc2ccc3cnccc3c21. The molecule has 1 aliphatic rings. The molecular formula is C25H25N5O2S. The molecule has 0 aliphatic carbocycles. The molecule has 0 fully saturated rings. The van der Waals surface area contributed by atoms with Crippen molar-refractivity contribution in [3.8, 4) is 0 Å². The minimum atomic E-state index is -0.652. The topological polar surface area (TPSA) is 80.1 Å². The average Bonchev–Trinajstić information content (AvgIpc) is 3.25. The minimum absolute atomic E-state index is 0. The molecule has 2 aromatic heterocycles. The normalized spacial score (nSPS) is 15.5. The van der Waals surface area contributed by atoms with E-state index in [-0.39, 0.29) is 19.2 Å². The van der Waals surface area contributed by atoms with E-state index in [0.29, 0.717) is 18.0 Å². The lowest BCUT2D eigenvalue weighted by Crippen LogP contribution is -2.48. The first-order valence-corrected chi connectivity index (χ1v) is 11.2. The molecule has 1 atom stereocenters. The third-order valence-corrected chi connectivity index (χ3v) is 6.64. The number of carbonyl (C=O) groups excluding carboxylic acids is 2. The van der Waals surface area contributed by atoms with E-state index in [9.17, 15) is 9.59 Å². The highest BCUT2D eigenvalue weighted by Gasteiger charge is 2.31. The van der Waals surface area contributed by atoms with Crippen LogP contribution in [-0.4, -0.2) is 45.2 Å². The van der Waals surface area contributed by atoms with Crippen molar-refractivity contribution >= 4 is 40.0 Å². The monoisotopic (exact) mass is 459 g/mol. The number of carbonyl (C=O) groups is 2. The van der Waals surface area contributed by atoms with Crippen LogP contribution in [0.4, 0.5) is 5.69 Å². The lowest BCUT2D eigenvalue weighted by Gasteiger charge is -2.22. The van der Waals surface area contributed by atoms with Gasteiger partial charge in [-0.05, 0) is 17.7 Å². The summed E-state index contributed by atoms with van der Waals surface area (Å²) in [5.74, 6) is -0.0646. The van der Waals surface area contributed by atoms with E-state index in [2.05, 4.69) is 15.3 Å². The van der Waals surface area contributed by atoms with Gasteiger partial charge >= 0.3 is 0 Å². The van der Waals surface area contributed by atoms with E-state index in [4.69, 9.17) is 0 Å². The molecule has 3 heterocycles. The van der Waals surface area contributed by atoms with Crippen molar-refractivity contribution in [1.29, 1.82) is 0 Å². The van der Waals surface area contributed by atoms with Gasteiger partial charge in [-0.1, -0.05) is 43.8 Å². The zero-order valence-electron chi connectivity index (χ0n) is 17.4. The van der Waals surface area contributed by atoms with E-state index in [1.807, 2.05) is 53.1 Å². The molecule has 0 spiro atoms. The molecule has 168 valence electrons. The maximum atomic E-state index is 13.2. The van der Waals surface area contributed by atoms with E-state index in [0.717, 1.165) is 26.9 Å². The Kier molecular flexibility index (Phi) is 6.46. The molecular weight excluding hydrogens is 434 g/mol. The number of fused-ring (bicyclic) bond motifs is 3. The Hall–Kier alpha value is -3.65. The molecule has 1 N–H and O–H groups in total. The molecule has 2 amide bonds. The van der Waals surface area contributed by atoms with Crippen LogP contribution < -0.4 is 10.2 Å². The van der Waals surface area contributed by atoms with Crippen LogP contribution in [0.2, 0.25) is 0 Å². The molecule has 8 heteroatoms. The molecule has 0 saturated heterocycles. The van der Waals surface area contributed by atoms with Gasteiger partial charge in [0.2, 0.25) is 5.91 Å². The Morgan fingerprint density at radius 2 is 2.00 bits per heavy atom. The Bertz CT molecular complexity index is 1300. The molecule has 33 heavy (non-hydrogen) atoms. The van der Waals surface area contributed by atoms with Gasteiger partial charge in [0.25, 0.3) is 5.91 Å². The van der Waals surface area contributed by atoms with Gasteiger partial charge in [-0.2, -0.15) is 0 Å². The van der Waals surface area contributed by atoms with Crippen LogP contribution in [-0.2, 0) is 11.3 Å². The summed E-state index contributed by atoms with van der Waals surface area (Å²) in [7, 11) is 1.75. The van der Waals surface area contributed by atoms with Gasteiger partial charge < -0.3 is 14.8 Å². The predicted molar refractivity (Wildman–Crippen MR) is 132 cm³/mol. The van der Waals surface area contributed by atoms with Crippen LogP contribution in [0.15, 0.2) is 78.3 Å². The quantitative estimate of drug-likeness (QED) is 0.499. The van der Waals surface area contributed by atoms with Crippen LogP contribution in [0.1, 0.15) is 23.5 Å². The number of rotatable bonds is 4. The number of thioether (sulfide) groups is 1. The highest BCUT2D eigenvalue weighted by Crippen LogP contribution is 2.39. The number of hydrogen-bond acceptors (Lipinski definition) is 5. The molecule has 2 aromatic carbocycles. The van der Waals surface area contributed by atoms with Gasteiger partial charge in [-0.25, -0.2) is 4.98 Å². The second-order valence-corrected chi connectivity index (χ2v) is 8.72. The first-order chi connectivity index (χ1) is 15.6. The van der Waals surface area contributed by atoms with E-state index >= 15 is 0 Å². The van der Waals surface area contributed by atoms with Crippen LogP contribution in [0.25, 0.3) is 10.8 Å². The number of anilines is 1. The fourth-order valence-corrected chi connectivity index (χ4v) is 5.00. The molecule has 1 aliphatic heterocycles. The van der Waals surface area contributed by atoms with E-state index in [1.54, 1.807) is 48.6 Å². The fourth-order valence-electron chi connectivity index (χ4n) is 3.88. The van der Waals surface area contributed by atoms with Gasteiger partial charge in [-0.15, -0.1) is 11.8 Å². The molecule has 0 saturated carbocycles. The Morgan fingerprint density at radius 3 is 2.82 bits per heavy atom. The predicted octanol–water partition coefficient (Wildman–Crippen LogP) is 3.98. The highest BCUT2D eigenvalue weighted by atomic mass is 32.2. The van der Waals surface area contributed by atoms with Crippen LogP contribution in [0.3, 0.4) is 0 Å². The van der Waals surface area contributed by atoms with Crippen LogP contribution >= 0.6 is 11.8 Å². The van der Waals surface area contributed by atoms with Crippen molar-refractivity contribution in [1.82, 2.24) is 19.9 Å². The molecule has 0 radical (unpaired) electrons. The van der Waals surface area contributed by atoms with Gasteiger partial charge in [0.05, 0.1) is 12.0 Å². The van der Waals surface area contributed by atoms with Crippen LogP contribution in [0, 0.1) is 0 Å². The smallest absolute Gasteiger partial charge is 0.272 e. The number of nitrogens with one attached hydrogen (secondary N) is 1.